The summed E-state index contributed by atoms with van der Waals surface area (Å²) >= 11 is 11.5. The number of halogens is 2. The van der Waals surface area contributed by atoms with Crippen LogP contribution in [0.5, 0.6) is 0 Å². The molecule has 0 unspecified atom stereocenters. The van der Waals surface area contributed by atoms with Gasteiger partial charge in [-0.05, 0) is 24.3 Å². The number of carbonyl (C=O) groups is 2. The minimum absolute atomic E-state index is 0.0619. The van der Waals surface area contributed by atoms with Crippen LogP contribution in [-0.2, 0) is 0 Å². The summed E-state index contributed by atoms with van der Waals surface area (Å²) in [5, 5.41) is 15.3. The molecule has 0 aromatic heterocycles. The van der Waals surface area contributed by atoms with E-state index in [1.165, 1.54) is 24.3 Å². The number of urea groups is 1. The minimum Gasteiger partial charge on any atom is -0.307 e. The average Bonchev–Trinajstić information content (AvgIpc) is 2.49. The van der Waals surface area contributed by atoms with E-state index in [1.807, 2.05) is 0 Å². The lowest BCUT2D eigenvalue weighted by atomic mass is 10.2. The molecule has 0 radical (unpaired) electrons. The van der Waals surface area contributed by atoms with Crippen LogP contribution in [-0.4, -0.2) is 16.9 Å². The van der Waals surface area contributed by atoms with E-state index in [0.717, 1.165) is 6.07 Å². The summed E-state index contributed by atoms with van der Waals surface area (Å²) in [6.45, 7) is 0. The highest BCUT2D eigenvalue weighted by Crippen LogP contribution is 2.27. The van der Waals surface area contributed by atoms with Crippen molar-refractivity contribution < 1.29 is 14.5 Å². The number of anilines is 1. The predicted molar refractivity (Wildman–Crippen MR) is 86.0 cm³/mol. The first-order chi connectivity index (χ1) is 10.9. The van der Waals surface area contributed by atoms with Crippen molar-refractivity contribution in [3.8, 4) is 0 Å². The molecule has 2 rings (SSSR count). The molecule has 0 atom stereocenters. The lowest BCUT2D eigenvalue weighted by Gasteiger charge is -2.08. The number of hydrogen-bond acceptors (Lipinski definition) is 4. The fourth-order valence-corrected chi connectivity index (χ4v) is 2.12. The van der Waals surface area contributed by atoms with Gasteiger partial charge in [0, 0.05) is 11.8 Å². The fourth-order valence-electron chi connectivity index (χ4n) is 1.71. The molecular formula is C14H9Cl2N3O4. The van der Waals surface area contributed by atoms with Gasteiger partial charge in [0.2, 0.25) is 0 Å². The van der Waals surface area contributed by atoms with Crippen LogP contribution in [0.2, 0.25) is 10.0 Å². The van der Waals surface area contributed by atoms with Crippen LogP contribution in [0, 0.1) is 10.1 Å². The van der Waals surface area contributed by atoms with E-state index in [2.05, 4.69) is 10.6 Å². The number of imide groups is 1. The zero-order chi connectivity index (χ0) is 17.0. The Morgan fingerprint density at radius 2 is 1.74 bits per heavy atom. The molecule has 3 amide bonds. The second-order valence-electron chi connectivity index (χ2n) is 4.31. The van der Waals surface area contributed by atoms with E-state index in [1.54, 1.807) is 12.1 Å². The quantitative estimate of drug-likeness (QED) is 0.645. The second-order valence-corrected chi connectivity index (χ2v) is 5.13. The Morgan fingerprint density at radius 1 is 1.04 bits per heavy atom. The highest BCUT2D eigenvalue weighted by Gasteiger charge is 2.16. The third-order valence-electron chi connectivity index (χ3n) is 2.75. The lowest BCUT2D eigenvalue weighted by Crippen LogP contribution is -2.34. The normalized spacial score (nSPS) is 10.0. The molecule has 0 aliphatic rings. The molecule has 0 spiro atoms. The molecule has 0 bridgehead atoms. The van der Waals surface area contributed by atoms with Gasteiger partial charge in [-0.25, -0.2) is 4.79 Å². The Bertz CT molecular complexity index is 795. The van der Waals surface area contributed by atoms with Gasteiger partial charge in [0.05, 0.1) is 15.5 Å². The van der Waals surface area contributed by atoms with Crippen LogP contribution in [0.1, 0.15) is 10.4 Å². The van der Waals surface area contributed by atoms with Crippen LogP contribution >= 0.6 is 23.2 Å². The van der Waals surface area contributed by atoms with Crippen molar-refractivity contribution in [1.82, 2.24) is 5.32 Å². The van der Waals surface area contributed by atoms with E-state index in [4.69, 9.17) is 23.2 Å². The molecule has 0 heterocycles. The Hall–Kier alpha value is -2.64. The predicted octanol–water partition coefficient (Wildman–Crippen LogP) is 3.86. The van der Waals surface area contributed by atoms with Gasteiger partial charge in [0.1, 0.15) is 5.02 Å². The van der Waals surface area contributed by atoms with Gasteiger partial charge in [0.25, 0.3) is 11.6 Å². The molecule has 118 valence electrons. The Labute approximate surface area is 140 Å². The molecule has 2 aromatic rings. The van der Waals surface area contributed by atoms with Crippen molar-refractivity contribution in [3.05, 3.63) is 68.2 Å². The van der Waals surface area contributed by atoms with Gasteiger partial charge >= 0.3 is 6.03 Å². The van der Waals surface area contributed by atoms with Gasteiger partial charge in [-0.3, -0.25) is 20.2 Å². The first-order valence-corrected chi connectivity index (χ1v) is 6.95. The van der Waals surface area contributed by atoms with E-state index in [9.17, 15) is 19.7 Å². The molecule has 0 aliphatic heterocycles. The molecule has 7 nitrogen and oxygen atoms in total. The van der Waals surface area contributed by atoms with Crippen molar-refractivity contribution >= 4 is 46.5 Å². The molecule has 0 fully saturated rings. The number of nitrogens with zero attached hydrogens (tertiary/aromatic N) is 1. The van der Waals surface area contributed by atoms with Crippen LogP contribution < -0.4 is 10.6 Å². The van der Waals surface area contributed by atoms with Gasteiger partial charge in [-0.2, -0.15) is 0 Å². The number of rotatable bonds is 3. The monoisotopic (exact) mass is 353 g/mol. The second kappa shape index (κ2) is 7.08. The molecule has 2 N–H and O–H groups in total. The lowest BCUT2D eigenvalue weighted by molar-refractivity contribution is -0.384. The van der Waals surface area contributed by atoms with Crippen molar-refractivity contribution in [1.29, 1.82) is 0 Å². The van der Waals surface area contributed by atoms with Gasteiger partial charge in [-0.1, -0.05) is 35.3 Å². The number of nitro benzene ring substituents is 1. The summed E-state index contributed by atoms with van der Waals surface area (Å²) in [6.07, 6.45) is 0. The summed E-state index contributed by atoms with van der Waals surface area (Å²) < 4.78 is 0. The van der Waals surface area contributed by atoms with E-state index in [0.29, 0.717) is 0 Å². The SMILES string of the molecule is O=C(NC(=O)c1ccccc1Cl)Nc1ccc(Cl)c([N+](=O)[O-])c1. The molecule has 0 saturated heterocycles. The van der Waals surface area contributed by atoms with Gasteiger partial charge < -0.3 is 5.32 Å². The van der Waals surface area contributed by atoms with Crippen molar-refractivity contribution in [2.75, 3.05) is 5.32 Å². The Kier molecular flexibility index (Phi) is 5.15. The zero-order valence-electron chi connectivity index (χ0n) is 11.4. The number of carbonyl (C=O) groups excluding carboxylic acids is 2. The fraction of sp³-hybridized carbons (Fsp3) is 0. The van der Waals surface area contributed by atoms with E-state index < -0.39 is 16.9 Å². The highest BCUT2D eigenvalue weighted by atomic mass is 35.5. The van der Waals surface area contributed by atoms with Crippen LogP contribution in [0.15, 0.2) is 42.5 Å². The number of nitro groups is 1. The van der Waals surface area contributed by atoms with Crippen molar-refractivity contribution in [2.24, 2.45) is 0 Å². The largest absolute Gasteiger partial charge is 0.326 e. The number of amides is 3. The number of nitrogens with one attached hydrogen (secondary N) is 2. The highest BCUT2D eigenvalue weighted by molar-refractivity contribution is 6.34. The molecule has 9 heteroatoms. The Balaban J connectivity index is 2.08. The molecule has 0 saturated carbocycles. The first-order valence-electron chi connectivity index (χ1n) is 6.19. The smallest absolute Gasteiger partial charge is 0.307 e. The summed E-state index contributed by atoms with van der Waals surface area (Å²) in [5.74, 6) is -0.698. The van der Waals surface area contributed by atoms with Gasteiger partial charge in [0.15, 0.2) is 0 Å². The minimum atomic E-state index is -0.855. The summed E-state index contributed by atoms with van der Waals surface area (Å²) in [5.41, 5.74) is -0.112. The maximum absolute atomic E-state index is 11.9. The topological polar surface area (TPSA) is 101 Å². The summed E-state index contributed by atoms with van der Waals surface area (Å²) in [6, 6.07) is 9.08. The number of hydrogen-bond donors (Lipinski definition) is 2. The molecule has 23 heavy (non-hydrogen) atoms. The van der Waals surface area contributed by atoms with Gasteiger partial charge in [-0.15, -0.1) is 0 Å². The van der Waals surface area contributed by atoms with Crippen LogP contribution in [0.3, 0.4) is 0 Å². The molecule has 0 aliphatic carbocycles. The van der Waals surface area contributed by atoms with Crippen LogP contribution in [0.4, 0.5) is 16.2 Å². The molecular weight excluding hydrogens is 345 g/mol. The first kappa shape index (κ1) is 16.7. The van der Waals surface area contributed by atoms with E-state index >= 15 is 0 Å². The van der Waals surface area contributed by atoms with Crippen molar-refractivity contribution in [2.45, 2.75) is 0 Å². The zero-order valence-corrected chi connectivity index (χ0v) is 12.9. The molecule has 2 aromatic carbocycles. The van der Waals surface area contributed by atoms with Crippen molar-refractivity contribution in [3.63, 3.8) is 0 Å². The summed E-state index contributed by atoms with van der Waals surface area (Å²) in [7, 11) is 0. The third kappa shape index (κ3) is 4.18. The standard InChI is InChI=1S/C14H9Cl2N3O4/c15-10-4-2-1-3-9(10)13(20)18-14(21)17-8-5-6-11(16)12(7-8)19(22)23/h1-7H,(H2,17,18,20,21). The maximum atomic E-state index is 11.9. The number of benzene rings is 2. The Morgan fingerprint density at radius 3 is 2.39 bits per heavy atom. The average molecular weight is 354 g/mol. The maximum Gasteiger partial charge on any atom is 0.326 e. The van der Waals surface area contributed by atoms with E-state index in [-0.39, 0.29) is 27.0 Å². The summed E-state index contributed by atoms with van der Waals surface area (Å²) in [4.78, 5) is 33.8. The third-order valence-corrected chi connectivity index (χ3v) is 3.40. The van der Waals surface area contributed by atoms with Crippen LogP contribution in [0.25, 0.3) is 0 Å².